The predicted octanol–water partition coefficient (Wildman–Crippen LogP) is 4.84. The number of anilines is 1. The second kappa shape index (κ2) is 8.02. The second-order valence-electron chi connectivity index (χ2n) is 7.09. The van der Waals surface area contributed by atoms with Crippen LogP contribution in [0.25, 0.3) is 0 Å². The summed E-state index contributed by atoms with van der Waals surface area (Å²) >= 11 is 0. The summed E-state index contributed by atoms with van der Waals surface area (Å²) in [5.41, 5.74) is 3.11. The molecule has 146 valence electrons. The third-order valence-electron chi connectivity index (χ3n) is 5.50. The van der Waals surface area contributed by atoms with Crippen LogP contribution in [0.5, 0.6) is 5.75 Å². The molecular formula is C22H24N2O4. The average molecular weight is 380 g/mol. The summed E-state index contributed by atoms with van der Waals surface area (Å²) in [7, 11) is 0. The first-order valence-electron chi connectivity index (χ1n) is 9.70. The Morgan fingerprint density at radius 2 is 2.04 bits per heavy atom. The molecule has 3 atom stereocenters. The Bertz CT molecular complexity index is 896. The van der Waals surface area contributed by atoms with Gasteiger partial charge in [0, 0.05) is 24.3 Å². The van der Waals surface area contributed by atoms with Crippen LogP contribution in [0.3, 0.4) is 0 Å². The van der Waals surface area contributed by atoms with Gasteiger partial charge < -0.3 is 14.8 Å². The second-order valence-corrected chi connectivity index (χ2v) is 7.09. The zero-order chi connectivity index (χ0) is 19.5. The molecule has 0 bridgehead atoms. The molecule has 4 rings (SSSR count). The molecular weight excluding hydrogens is 356 g/mol. The number of hydrogen-bond donors (Lipinski definition) is 1. The molecule has 6 nitrogen and oxygen atoms in total. The van der Waals surface area contributed by atoms with Crippen LogP contribution in [0.1, 0.15) is 36.4 Å². The highest BCUT2D eigenvalue weighted by atomic mass is 16.6. The Morgan fingerprint density at radius 1 is 1.18 bits per heavy atom. The van der Waals surface area contributed by atoms with Gasteiger partial charge in [0.15, 0.2) is 0 Å². The number of rotatable bonds is 7. The summed E-state index contributed by atoms with van der Waals surface area (Å²) < 4.78 is 11.1. The molecule has 2 aliphatic rings. The number of ether oxygens (including phenoxy) is 2. The Kier molecular flexibility index (Phi) is 5.30. The standard InChI is InChI=1S/C22H24N2O4/c1-2-27-12-13-28-15-10-11-20-19(14-15)16-7-5-8-17(16)22(23-20)18-6-3-4-9-21(18)24(25)26/h3-7,9-11,14,16-17,22-23H,2,8,12-13H2,1H3. The van der Waals surface area contributed by atoms with E-state index in [2.05, 4.69) is 23.5 Å². The van der Waals surface area contributed by atoms with Crippen molar-refractivity contribution in [2.75, 3.05) is 25.1 Å². The molecule has 0 fully saturated rings. The van der Waals surface area contributed by atoms with Crippen LogP contribution >= 0.6 is 0 Å². The molecule has 0 aromatic heterocycles. The minimum atomic E-state index is -0.292. The smallest absolute Gasteiger partial charge is 0.274 e. The molecule has 0 saturated heterocycles. The van der Waals surface area contributed by atoms with Gasteiger partial charge in [-0.15, -0.1) is 0 Å². The third kappa shape index (κ3) is 3.47. The molecule has 1 N–H and O–H groups in total. The van der Waals surface area contributed by atoms with Crippen LogP contribution in [-0.2, 0) is 4.74 Å². The van der Waals surface area contributed by atoms with E-state index in [1.54, 1.807) is 12.1 Å². The lowest BCUT2D eigenvalue weighted by Crippen LogP contribution is -2.29. The summed E-state index contributed by atoms with van der Waals surface area (Å²) in [6.07, 6.45) is 5.29. The SMILES string of the molecule is CCOCCOc1ccc2c(c1)C1C=CCC1C(c1ccccc1[N+](=O)[O-])N2. The number of nitrogens with zero attached hydrogens (tertiary/aromatic N) is 1. The van der Waals surface area contributed by atoms with Gasteiger partial charge in [0.1, 0.15) is 12.4 Å². The number of nitro benzene ring substituents is 1. The van der Waals surface area contributed by atoms with Crippen molar-refractivity contribution in [3.8, 4) is 5.75 Å². The molecule has 0 spiro atoms. The highest BCUT2D eigenvalue weighted by molar-refractivity contribution is 5.63. The first-order chi connectivity index (χ1) is 13.7. The van der Waals surface area contributed by atoms with E-state index in [0.717, 1.165) is 23.4 Å². The molecule has 3 unspecified atom stereocenters. The molecule has 0 saturated carbocycles. The minimum absolute atomic E-state index is 0.0983. The topological polar surface area (TPSA) is 73.6 Å². The third-order valence-corrected chi connectivity index (χ3v) is 5.50. The van der Waals surface area contributed by atoms with Gasteiger partial charge in [-0.3, -0.25) is 10.1 Å². The number of benzene rings is 2. The average Bonchev–Trinajstić information content (AvgIpc) is 3.21. The maximum atomic E-state index is 11.5. The lowest BCUT2D eigenvalue weighted by Gasteiger charge is -2.37. The van der Waals surface area contributed by atoms with Gasteiger partial charge in [-0.2, -0.15) is 0 Å². The first-order valence-corrected chi connectivity index (χ1v) is 9.70. The number of nitrogens with one attached hydrogen (secondary N) is 1. The van der Waals surface area contributed by atoms with Crippen LogP contribution in [0.2, 0.25) is 0 Å². The van der Waals surface area contributed by atoms with Gasteiger partial charge in [-0.1, -0.05) is 30.4 Å². The van der Waals surface area contributed by atoms with E-state index in [1.165, 1.54) is 5.56 Å². The molecule has 0 radical (unpaired) electrons. The Balaban J connectivity index is 1.63. The van der Waals surface area contributed by atoms with Gasteiger partial charge in [0.2, 0.25) is 0 Å². The van der Waals surface area contributed by atoms with E-state index in [9.17, 15) is 10.1 Å². The van der Waals surface area contributed by atoms with Crippen molar-refractivity contribution < 1.29 is 14.4 Å². The van der Waals surface area contributed by atoms with E-state index in [4.69, 9.17) is 9.47 Å². The number of fused-ring (bicyclic) bond motifs is 3. The van der Waals surface area contributed by atoms with Crippen LogP contribution < -0.4 is 10.1 Å². The summed E-state index contributed by atoms with van der Waals surface area (Å²) in [5.74, 6) is 1.28. The van der Waals surface area contributed by atoms with E-state index >= 15 is 0 Å². The maximum absolute atomic E-state index is 11.5. The molecule has 2 aromatic rings. The predicted molar refractivity (Wildman–Crippen MR) is 108 cm³/mol. The molecule has 1 heterocycles. The van der Waals surface area contributed by atoms with Crippen LogP contribution in [0, 0.1) is 16.0 Å². The van der Waals surface area contributed by atoms with Crippen molar-refractivity contribution in [3.05, 3.63) is 75.9 Å². The minimum Gasteiger partial charge on any atom is -0.491 e. The Hall–Kier alpha value is -2.86. The zero-order valence-corrected chi connectivity index (χ0v) is 15.8. The number of allylic oxidation sites excluding steroid dienone is 2. The highest BCUT2D eigenvalue weighted by Crippen LogP contribution is 2.51. The number of hydrogen-bond acceptors (Lipinski definition) is 5. The van der Waals surface area contributed by atoms with Gasteiger partial charge in [0.05, 0.1) is 23.1 Å². The van der Waals surface area contributed by atoms with E-state index in [0.29, 0.717) is 19.8 Å². The zero-order valence-electron chi connectivity index (χ0n) is 15.8. The molecule has 1 aliphatic carbocycles. The fourth-order valence-corrected chi connectivity index (χ4v) is 4.25. The largest absolute Gasteiger partial charge is 0.491 e. The van der Waals surface area contributed by atoms with Gasteiger partial charge >= 0.3 is 0 Å². The van der Waals surface area contributed by atoms with Crippen LogP contribution in [0.15, 0.2) is 54.6 Å². The monoisotopic (exact) mass is 380 g/mol. The molecule has 28 heavy (non-hydrogen) atoms. The van der Waals surface area contributed by atoms with Crippen molar-refractivity contribution in [2.24, 2.45) is 5.92 Å². The van der Waals surface area contributed by atoms with Crippen LogP contribution in [0.4, 0.5) is 11.4 Å². The normalized spacial score (nSPS) is 22.2. The molecule has 6 heteroatoms. The van der Waals surface area contributed by atoms with Gasteiger partial charge in [-0.25, -0.2) is 0 Å². The fourth-order valence-electron chi connectivity index (χ4n) is 4.25. The van der Waals surface area contributed by atoms with E-state index in [1.807, 2.05) is 31.2 Å². The van der Waals surface area contributed by atoms with Crippen molar-refractivity contribution in [3.63, 3.8) is 0 Å². The lowest BCUT2D eigenvalue weighted by atomic mass is 9.76. The number of nitro groups is 1. The van der Waals surface area contributed by atoms with Crippen molar-refractivity contribution >= 4 is 11.4 Å². The summed E-state index contributed by atoms with van der Waals surface area (Å²) in [6, 6.07) is 13.0. The van der Waals surface area contributed by atoms with E-state index in [-0.39, 0.29) is 28.5 Å². The summed E-state index contributed by atoms with van der Waals surface area (Å²) in [6.45, 7) is 3.73. The Labute approximate surface area is 164 Å². The van der Waals surface area contributed by atoms with Crippen molar-refractivity contribution in [2.45, 2.75) is 25.3 Å². The quantitative estimate of drug-likeness (QED) is 0.322. The first kappa shape index (κ1) is 18.5. The van der Waals surface area contributed by atoms with Gasteiger partial charge in [0.25, 0.3) is 5.69 Å². The fraction of sp³-hybridized carbons (Fsp3) is 0.364. The lowest BCUT2D eigenvalue weighted by molar-refractivity contribution is -0.385. The maximum Gasteiger partial charge on any atom is 0.274 e. The van der Waals surface area contributed by atoms with Crippen molar-refractivity contribution in [1.29, 1.82) is 0 Å². The number of para-hydroxylation sites is 1. The summed E-state index contributed by atoms with van der Waals surface area (Å²) in [4.78, 5) is 11.2. The summed E-state index contributed by atoms with van der Waals surface area (Å²) in [5, 5.41) is 15.1. The molecule has 2 aromatic carbocycles. The molecule has 1 aliphatic heterocycles. The van der Waals surface area contributed by atoms with Gasteiger partial charge in [-0.05, 0) is 43.0 Å². The Morgan fingerprint density at radius 3 is 2.86 bits per heavy atom. The van der Waals surface area contributed by atoms with Crippen LogP contribution in [-0.4, -0.2) is 24.7 Å². The molecule has 0 amide bonds. The van der Waals surface area contributed by atoms with E-state index < -0.39 is 0 Å². The van der Waals surface area contributed by atoms with Crippen molar-refractivity contribution in [1.82, 2.24) is 0 Å². The highest BCUT2D eigenvalue weighted by Gasteiger charge is 2.40.